The van der Waals surface area contributed by atoms with Crippen LogP contribution in [0.15, 0.2) is 22.8 Å². The van der Waals surface area contributed by atoms with Crippen molar-refractivity contribution in [3.63, 3.8) is 0 Å². The van der Waals surface area contributed by atoms with Crippen molar-refractivity contribution in [2.75, 3.05) is 12.1 Å². The normalized spacial score (nSPS) is 15.3. The molecule has 1 amide bonds. The quantitative estimate of drug-likeness (QED) is 0.149. The van der Waals surface area contributed by atoms with Crippen molar-refractivity contribution in [3.8, 4) is 5.75 Å². The lowest BCUT2D eigenvalue weighted by Gasteiger charge is -2.15. The van der Waals surface area contributed by atoms with Crippen LogP contribution in [0.5, 0.6) is 5.75 Å². The number of amides is 1. The molecule has 29 heavy (non-hydrogen) atoms. The van der Waals surface area contributed by atoms with E-state index in [1.165, 1.54) is 20.1 Å². The third-order valence-corrected chi connectivity index (χ3v) is 5.43. The summed E-state index contributed by atoms with van der Waals surface area (Å²) >= 11 is 4.10. The highest BCUT2D eigenvalue weighted by Crippen LogP contribution is 2.35. The van der Waals surface area contributed by atoms with Gasteiger partial charge < -0.3 is 4.74 Å². The molecule has 1 aliphatic heterocycles. The number of hydrazone groups is 1. The molecule has 0 unspecified atom stereocenters. The van der Waals surface area contributed by atoms with E-state index in [9.17, 15) is 26.7 Å². The molecule has 2 aromatic carbocycles. The van der Waals surface area contributed by atoms with Gasteiger partial charge in [-0.25, -0.2) is 22.0 Å². The lowest BCUT2D eigenvalue weighted by Crippen LogP contribution is -2.25. The average molecular weight is 634 g/mol. The summed E-state index contributed by atoms with van der Waals surface area (Å²) in [5.74, 6) is -11.5. The first kappa shape index (κ1) is 21.9. The summed E-state index contributed by atoms with van der Waals surface area (Å²) in [5, 5.41) is 3.87. The number of benzene rings is 2. The molecule has 0 atom stereocenters. The molecule has 1 aliphatic rings. The van der Waals surface area contributed by atoms with Crippen LogP contribution in [0.2, 0.25) is 0 Å². The van der Waals surface area contributed by atoms with Crippen molar-refractivity contribution in [3.05, 3.63) is 59.5 Å². The monoisotopic (exact) mass is 634 g/mol. The molecule has 0 saturated carbocycles. The van der Waals surface area contributed by atoms with E-state index in [1.54, 1.807) is 6.07 Å². The van der Waals surface area contributed by atoms with E-state index < -0.39 is 40.7 Å². The zero-order valence-electron chi connectivity index (χ0n) is 14.6. The lowest BCUT2D eigenvalue weighted by atomic mass is 10.1. The van der Waals surface area contributed by atoms with E-state index in [1.807, 2.05) is 28.7 Å². The molecule has 0 bridgehead atoms. The second-order valence-electron chi connectivity index (χ2n) is 5.79. The van der Waals surface area contributed by atoms with Crippen LogP contribution < -0.4 is 9.75 Å². The van der Waals surface area contributed by atoms with E-state index in [4.69, 9.17) is 4.74 Å². The van der Waals surface area contributed by atoms with Crippen LogP contribution in [0, 0.1) is 36.2 Å². The number of methoxy groups -OCH3 is 1. The van der Waals surface area contributed by atoms with Crippen LogP contribution >= 0.6 is 45.2 Å². The zero-order valence-corrected chi connectivity index (χ0v) is 18.9. The van der Waals surface area contributed by atoms with Gasteiger partial charge in [-0.05, 0) is 70.3 Å². The highest BCUT2D eigenvalue weighted by atomic mass is 127. The maximum Gasteiger partial charge on any atom is 0.280 e. The Balaban J connectivity index is 2.14. The topological polar surface area (TPSA) is 41.9 Å². The van der Waals surface area contributed by atoms with Crippen molar-refractivity contribution in [2.45, 2.75) is 6.92 Å². The molecule has 0 fully saturated rings. The largest absolute Gasteiger partial charge is 0.495 e. The first-order valence-electron chi connectivity index (χ1n) is 7.74. The molecule has 0 radical (unpaired) electrons. The Morgan fingerprint density at radius 1 is 1.00 bits per heavy atom. The minimum atomic E-state index is -2.31. The molecule has 0 spiro atoms. The molecule has 11 heteroatoms. The van der Waals surface area contributed by atoms with Crippen LogP contribution in [-0.2, 0) is 4.79 Å². The summed E-state index contributed by atoms with van der Waals surface area (Å²) in [6.07, 6.45) is 1.39. The van der Waals surface area contributed by atoms with Gasteiger partial charge in [0.15, 0.2) is 23.3 Å². The van der Waals surface area contributed by atoms with E-state index in [-0.39, 0.29) is 16.3 Å². The highest BCUT2D eigenvalue weighted by molar-refractivity contribution is 14.1. The molecule has 3 rings (SSSR count). The molecule has 152 valence electrons. The van der Waals surface area contributed by atoms with Gasteiger partial charge in [0.25, 0.3) is 5.91 Å². The van der Waals surface area contributed by atoms with Gasteiger partial charge in [0.2, 0.25) is 5.82 Å². The molecule has 1 heterocycles. The van der Waals surface area contributed by atoms with Gasteiger partial charge in [-0.1, -0.05) is 0 Å². The van der Waals surface area contributed by atoms with Gasteiger partial charge in [-0.15, -0.1) is 0 Å². The minimum absolute atomic E-state index is 0.0369. The molecule has 0 N–H and O–H groups in total. The summed E-state index contributed by atoms with van der Waals surface area (Å²) in [4.78, 5) is 12.7. The van der Waals surface area contributed by atoms with Crippen LogP contribution in [0.3, 0.4) is 0 Å². The number of rotatable bonds is 3. The Kier molecular flexibility index (Phi) is 6.17. The van der Waals surface area contributed by atoms with Crippen molar-refractivity contribution < 1.29 is 31.5 Å². The van der Waals surface area contributed by atoms with Crippen molar-refractivity contribution in [1.29, 1.82) is 0 Å². The Morgan fingerprint density at radius 2 is 1.55 bits per heavy atom. The second-order valence-corrected chi connectivity index (χ2v) is 8.20. The average Bonchev–Trinajstić information content (AvgIpc) is 2.93. The fourth-order valence-electron chi connectivity index (χ4n) is 2.67. The Bertz CT molecular complexity index is 1090. The van der Waals surface area contributed by atoms with Crippen molar-refractivity contribution >= 4 is 68.6 Å². The number of anilines is 1. The van der Waals surface area contributed by atoms with E-state index in [2.05, 4.69) is 27.7 Å². The number of ether oxygens (including phenoxy) is 1. The molecular formula is C18H9F5I2N2O2. The standard InChI is InChI=1S/C18H9F5I2N2O2/c1-6-9(4-7-3-8(24)5-10(25)17(7)29-2)18(28)27(26-6)16-14(22)12(20)11(19)13(21)15(16)23/h3-5H,1-2H3/b9-4-. The fourth-order valence-corrected chi connectivity index (χ4v) is 4.78. The van der Waals surface area contributed by atoms with Crippen molar-refractivity contribution in [1.82, 2.24) is 0 Å². The van der Waals surface area contributed by atoms with Gasteiger partial charge in [-0.2, -0.15) is 10.1 Å². The van der Waals surface area contributed by atoms with Crippen LogP contribution in [-0.4, -0.2) is 18.7 Å². The van der Waals surface area contributed by atoms with Gasteiger partial charge in [0.05, 0.1) is 22.0 Å². The summed E-state index contributed by atoms with van der Waals surface area (Å²) in [5.41, 5.74) is -0.987. The Hall–Kier alpha value is -1.77. The summed E-state index contributed by atoms with van der Waals surface area (Å²) in [6, 6.07) is 3.54. The molecule has 0 saturated heterocycles. The lowest BCUT2D eigenvalue weighted by molar-refractivity contribution is -0.114. The summed E-state index contributed by atoms with van der Waals surface area (Å²) in [6.45, 7) is 1.38. The van der Waals surface area contributed by atoms with E-state index in [0.29, 0.717) is 11.3 Å². The highest BCUT2D eigenvalue weighted by Gasteiger charge is 2.37. The first-order valence-corrected chi connectivity index (χ1v) is 9.90. The third-order valence-electron chi connectivity index (χ3n) is 4.00. The Morgan fingerprint density at radius 3 is 2.10 bits per heavy atom. The minimum Gasteiger partial charge on any atom is -0.495 e. The molecule has 0 aliphatic carbocycles. The number of carbonyl (C=O) groups excluding carboxylic acids is 1. The number of halogens is 7. The van der Waals surface area contributed by atoms with Crippen molar-refractivity contribution in [2.24, 2.45) is 5.10 Å². The van der Waals surface area contributed by atoms with Crippen LogP contribution in [0.1, 0.15) is 12.5 Å². The van der Waals surface area contributed by atoms with Gasteiger partial charge in [0, 0.05) is 9.13 Å². The van der Waals surface area contributed by atoms with Crippen LogP contribution in [0.4, 0.5) is 27.6 Å². The Labute approximate surface area is 188 Å². The van der Waals surface area contributed by atoms with E-state index in [0.717, 1.165) is 7.14 Å². The molecular weight excluding hydrogens is 625 g/mol. The fraction of sp³-hybridized carbons (Fsp3) is 0.111. The number of carbonyl (C=O) groups is 1. The predicted molar refractivity (Wildman–Crippen MR) is 113 cm³/mol. The number of hydrogen-bond donors (Lipinski definition) is 0. The summed E-state index contributed by atoms with van der Waals surface area (Å²) < 4.78 is 75.5. The molecule has 4 nitrogen and oxygen atoms in total. The maximum atomic E-state index is 14.1. The summed E-state index contributed by atoms with van der Waals surface area (Å²) in [7, 11) is 1.44. The molecule has 0 aromatic heterocycles. The molecule has 2 aromatic rings. The van der Waals surface area contributed by atoms with Gasteiger partial charge >= 0.3 is 0 Å². The third kappa shape index (κ3) is 3.73. The second kappa shape index (κ2) is 8.16. The number of nitrogens with zero attached hydrogens (tertiary/aromatic N) is 2. The smallest absolute Gasteiger partial charge is 0.280 e. The number of hydrogen-bond acceptors (Lipinski definition) is 3. The van der Waals surface area contributed by atoms with Crippen LogP contribution in [0.25, 0.3) is 6.08 Å². The SMILES string of the molecule is COc1c(I)cc(I)cc1/C=C1\C(=O)N(c2c(F)c(F)c(F)c(F)c2F)N=C1C. The van der Waals surface area contributed by atoms with Gasteiger partial charge in [-0.3, -0.25) is 4.79 Å². The first-order chi connectivity index (χ1) is 13.6. The zero-order chi connectivity index (χ0) is 21.6. The van der Waals surface area contributed by atoms with E-state index >= 15 is 0 Å². The predicted octanol–water partition coefficient (Wildman–Crippen LogP) is 5.41. The maximum absolute atomic E-state index is 14.1. The van der Waals surface area contributed by atoms with Gasteiger partial charge in [0.1, 0.15) is 11.4 Å².